The fourth-order valence-corrected chi connectivity index (χ4v) is 2.49. The number of carbonyl (C=O) groups is 1. The van der Waals surface area contributed by atoms with Crippen LogP contribution >= 0.6 is 0 Å². The number of rotatable bonds is 5. The molecule has 0 bridgehead atoms. The van der Waals surface area contributed by atoms with E-state index in [0.29, 0.717) is 24.3 Å². The first-order chi connectivity index (χ1) is 12.6. The van der Waals surface area contributed by atoms with Gasteiger partial charge in [0.2, 0.25) is 6.86 Å². The SMILES string of the molecule is NC1=NC(c2cc(NC(=O)c3ccc(OCF)cn3)ccc2F)CCO1. The summed E-state index contributed by atoms with van der Waals surface area (Å²) in [5, 5.41) is 2.63. The lowest BCUT2D eigenvalue weighted by molar-refractivity contribution is 0.102. The number of ether oxygens (including phenoxy) is 2. The molecular weight excluding hydrogens is 346 g/mol. The minimum atomic E-state index is -0.981. The third-order valence-electron chi connectivity index (χ3n) is 3.73. The normalized spacial score (nSPS) is 16.4. The van der Waals surface area contributed by atoms with Crippen molar-refractivity contribution in [2.24, 2.45) is 10.7 Å². The Morgan fingerprint density at radius 1 is 1.38 bits per heavy atom. The van der Waals surface area contributed by atoms with Crippen molar-refractivity contribution >= 4 is 17.6 Å². The van der Waals surface area contributed by atoms with Crippen molar-refractivity contribution in [3.05, 3.63) is 53.6 Å². The van der Waals surface area contributed by atoms with Gasteiger partial charge in [-0.1, -0.05) is 0 Å². The maximum Gasteiger partial charge on any atom is 0.282 e. The van der Waals surface area contributed by atoms with Gasteiger partial charge in [0.05, 0.1) is 18.8 Å². The number of halogens is 2. The van der Waals surface area contributed by atoms with Crippen molar-refractivity contribution in [1.29, 1.82) is 0 Å². The molecule has 26 heavy (non-hydrogen) atoms. The van der Waals surface area contributed by atoms with E-state index in [1.54, 1.807) is 0 Å². The van der Waals surface area contributed by atoms with Gasteiger partial charge in [-0.2, -0.15) is 0 Å². The number of carbonyl (C=O) groups excluding carboxylic acids is 1. The molecule has 1 aromatic carbocycles. The lowest BCUT2D eigenvalue weighted by atomic mass is 10.0. The number of benzene rings is 1. The van der Waals surface area contributed by atoms with E-state index in [0.717, 1.165) is 0 Å². The Balaban J connectivity index is 1.76. The molecule has 136 valence electrons. The van der Waals surface area contributed by atoms with Crippen molar-refractivity contribution in [3.8, 4) is 5.75 Å². The highest BCUT2D eigenvalue weighted by atomic mass is 19.1. The third-order valence-corrected chi connectivity index (χ3v) is 3.73. The molecule has 3 N–H and O–H groups in total. The first kappa shape index (κ1) is 17.6. The number of nitrogens with two attached hydrogens (primary N) is 1. The van der Waals surface area contributed by atoms with Crippen molar-refractivity contribution in [2.45, 2.75) is 12.5 Å². The Labute approximate surface area is 147 Å². The zero-order valence-corrected chi connectivity index (χ0v) is 13.6. The van der Waals surface area contributed by atoms with Crippen LogP contribution in [0.4, 0.5) is 14.5 Å². The predicted molar refractivity (Wildman–Crippen MR) is 90.1 cm³/mol. The summed E-state index contributed by atoms with van der Waals surface area (Å²) in [5.41, 5.74) is 6.34. The molecule has 3 rings (SSSR count). The molecule has 2 aromatic rings. The first-order valence-electron chi connectivity index (χ1n) is 7.78. The largest absolute Gasteiger partial charge is 0.465 e. The molecule has 1 unspecified atom stereocenters. The van der Waals surface area contributed by atoms with Gasteiger partial charge in [0.1, 0.15) is 17.3 Å². The van der Waals surface area contributed by atoms with Gasteiger partial charge >= 0.3 is 0 Å². The van der Waals surface area contributed by atoms with E-state index in [1.165, 1.54) is 36.5 Å². The summed E-state index contributed by atoms with van der Waals surface area (Å²) in [4.78, 5) is 20.2. The monoisotopic (exact) mass is 362 g/mol. The van der Waals surface area contributed by atoms with Crippen LogP contribution in [-0.2, 0) is 4.74 Å². The number of nitrogens with zero attached hydrogens (tertiary/aromatic N) is 2. The Kier molecular flexibility index (Phi) is 5.26. The summed E-state index contributed by atoms with van der Waals surface area (Å²) in [6.45, 7) is -0.641. The topological polar surface area (TPSA) is 98.8 Å². The summed E-state index contributed by atoms with van der Waals surface area (Å²) in [5.74, 6) is -0.732. The van der Waals surface area contributed by atoms with E-state index >= 15 is 0 Å². The minimum absolute atomic E-state index is 0.00914. The van der Waals surface area contributed by atoms with E-state index in [4.69, 9.17) is 10.5 Å². The molecule has 1 aliphatic rings. The fraction of sp³-hybridized carbons (Fsp3) is 0.235. The van der Waals surface area contributed by atoms with E-state index < -0.39 is 24.6 Å². The number of amidine groups is 1. The molecule has 9 heteroatoms. The molecule has 0 aliphatic carbocycles. The molecule has 0 saturated heterocycles. The molecule has 1 atom stereocenters. The summed E-state index contributed by atoms with van der Waals surface area (Å²) in [6.07, 6.45) is 1.72. The highest BCUT2D eigenvalue weighted by molar-refractivity contribution is 6.02. The van der Waals surface area contributed by atoms with Gasteiger partial charge < -0.3 is 20.5 Å². The number of amides is 1. The van der Waals surface area contributed by atoms with Gasteiger partial charge in [0, 0.05) is 17.7 Å². The first-order valence-corrected chi connectivity index (χ1v) is 7.78. The van der Waals surface area contributed by atoms with Crippen molar-refractivity contribution in [3.63, 3.8) is 0 Å². The van der Waals surface area contributed by atoms with E-state index in [9.17, 15) is 13.6 Å². The van der Waals surface area contributed by atoms with Gasteiger partial charge in [0.15, 0.2) is 0 Å². The molecule has 0 saturated carbocycles. The van der Waals surface area contributed by atoms with Crippen LogP contribution in [0.25, 0.3) is 0 Å². The minimum Gasteiger partial charge on any atom is -0.465 e. The van der Waals surface area contributed by atoms with Crippen LogP contribution in [0.5, 0.6) is 5.75 Å². The van der Waals surface area contributed by atoms with Gasteiger partial charge in [-0.15, -0.1) is 0 Å². The number of alkyl halides is 1. The Bertz CT molecular complexity index is 827. The van der Waals surface area contributed by atoms with Crippen LogP contribution in [0.3, 0.4) is 0 Å². The zero-order chi connectivity index (χ0) is 18.5. The van der Waals surface area contributed by atoms with E-state index in [1.807, 2.05) is 0 Å². The molecule has 0 fully saturated rings. The zero-order valence-electron chi connectivity index (χ0n) is 13.6. The summed E-state index contributed by atoms with van der Waals surface area (Å²) >= 11 is 0. The van der Waals surface area contributed by atoms with Crippen molar-refractivity contribution < 1.29 is 23.0 Å². The average molecular weight is 362 g/mol. The Hall–Kier alpha value is -3.23. The molecule has 7 nitrogen and oxygen atoms in total. The third kappa shape index (κ3) is 4.05. The Morgan fingerprint density at radius 3 is 2.92 bits per heavy atom. The van der Waals surface area contributed by atoms with Crippen LogP contribution in [0.15, 0.2) is 41.5 Å². The van der Waals surface area contributed by atoms with Gasteiger partial charge in [-0.3, -0.25) is 4.79 Å². The predicted octanol–water partition coefficient (Wildman–Crippen LogP) is 2.55. The highest BCUT2D eigenvalue weighted by Gasteiger charge is 2.20. The average Bonchev–Trinajstić information content (AvgIpc) is 2.64. The quantitative estimate of drug-likeness (QED) is 0.852. The maximum atomic E-state index is 14.1. The second-order valence-electron chi connectivity index (χ2n) is 5.44. The summed E-state index contributed by atoms with van der Waals surface area (Å²) in [6, 6.07) is 6.54. The number of aliphatic imine (C=N–C) groups is 1. The summed E-state index contributed by atoms with van der Waals surface area (Å²) < 4.78 is 35.9. The molecule has 1 aromatic heterocycles. The number of nitrogens with one attached hydrogen (secondary N) is 1. The molecule has 0 spiro atoms. The highest BCUT2D eigenvalue weighted by Crippen LogP contribution is 2.29. The molecular formula is C17H16F2N4O3. The van der Waals surface area contributed by atoms with Crippen LogP contribution in [0.2, 0.25) is 0 Å². The number of anilines is 1. The number of hydrogen-bond acceptors (Lipinski definition) is 6. The van der Waals surface area contributed by atoms with E-state index in [2.05, 4.69) is 20.0 Å². The van der Waals surface area contributed by atoms with Gasteiger partial charge in [-0.05, 0) is 30.3 Å². The molecule has 0 radical (unpaired) electrons. The summed E-state index contributed by atoms with van der Waals surface area (Å²) in [7, 11) is 0. The number of aromatic nitrogens is 1. The number of pyridine rings is 1. The lowest BCUT2D eigenvalue weighted by Crippen LogP contribution is -2.24. The van der Waals surface area contributed by atoms with Crippen LogP contribution in [0, 0.1) is 5.82 Å². The molecule has 1 aliphatic heterocycles. The molecule has 1 amide bonds. The van der Waals surface area contributed by atoms with Gasteiger partial charge in [-0.25, -0.2) is 18.8 Å². The van der Waals surface area contributed by atoms with Crippen LogP contribution < -0.4 is 15.8 Å². The van der Waals surface area contributed by atoms with Crippen LogP contribution in [0.1, 0.15) is 28.5 Å². The van der Waals surface area contributed by atoms with Crippen molar-refractivity contribution in [1.82, 2.24) is 4.98 Å². The second kappa shape index (κ2) is 7.77. The van der Waals surface area contributed by atoms with Crippen molar-refractivity contribution in [2.75, 3.05) is 18.8 Å². The fourth-order valence-electron chi connectivity index (χ4n) is 2.49. The smallest absolute Gasteiger partial charge is 0.282 e. The van der Waals surface area contributed by atoms with E-state index in [-0.39, 0.29) is 17.5 Å². The maximum absolute atomic E-state index is 14.1. The second-order valence-corrected chi connectivity index (χ2v) is 5.44. The van der Waals surface area contributed by atoms with Gasteiger partial charge in [0.25, 0.3) is 11.9 Å². The number of hydrogen-bond donors (Lipinski definition) is 2. The molecule has 2 heterocycles. The Morgan fingerprint density at radius 2 is 2.23 bits per heavy atom. The van der Waals surface area contributed by atoms with Crippen LogP contribution in [-0.4, -0.2) is 30.4 Å². The standard InChI is InChI=1S/C17H16F2N4O3/c18-9-26-11-2-4-15(21-8-11)16(24)22-10-1-3-13(19)12(7-10)14-5-6-25-17(20)23-14/h1-4,7-8,14H,5-6,9H2,(H2,20,23)(H,22,24). The lowest BCUT2D eigenvalue weighted by Gasteiger charge is -2.20.